The fourth-order valence-corrected chi connectivity index (χ4v) is 5.32. The minimum Gasteiger partial charge on any atom is -0.497 e. The first-order valence-corrected chi connectivity index (χ1v) is 10.2. The second-order valence-electron chi connectivity index (χ2n) is 8.40. The van der Waals surface area contributed by atoms with E-state index in [4.69, 9.17) is 9.47 Å². The minimum atomic E-state index is 0. The molecule has 5 rings (SSSR count). The third-order valence-electron chi connectivity index (χ3n) is 6.55. The number of methoxy groups -OCH3 is 1. The summed E-state index contributed by atoms with van der Waals surface area (Å²) in [5.74, 6) is 3.37. The molecule has 6 heteroatoms. The molecule has 162 valence electrons. The number of ether oxygens (including phenoxy) is 2. The maximum absolute atomic E-state index is 5.95. The van der Waals surface area contributed by atoms with Crippen LogP contribution in [0.25, 0.3) is 6.08 Å². The molecule has 0 bridgehead atoms. The molecule has 0 N–H and O–H groups in total. The van der Waals surface area contributed by atoms with Crippen molar-refractivity contribution < 1.29 is 9.47 Å². The van der Waals surface area contributed by atoms with Crippen LogP contribution in [-0.2, 0) is 0 Å². The number of rotatable bonds is 4. The Morgan fingerprint density at radius 3 is 2.53 bits per heavy atom. The Morgan fingerprint density at radius 2 is 1.77 bits per heavy atom. The van der Waals surface area contributed by atoms with Gasteiger partial charge in [0, 0.05) is 37.8 Å². The van der Waals surface area contributed by atoms with Gasteiger partial charge in [0.1, 0.15) is 18.1 Å². The lowest BCUT2D eigenvalue weighted by Crippen LogP contribution is -2.31. The lowest BCUT2D eigenvalue weighted by Gasteiger charge is -2.28. The van der Waals surface area contributed by atoms with Crippen LogP contribution >= 0.6 is 24.8 Å². The predicted octanol–water partition coefficient (Wildman–Crippen LogP) is 4.55. The first-order valence-electron chi connectivity index (χ1n) is 10.2. The molecule has 0 unspecified atom stereocenters. The average molecular weight is 449 g/mol. The van der Waals surface area contributed by atoms with Crippen molar-refractivity contribution in [3.8, 4) is 11.5 Å². The highest BCUT2D eigenvalue weighted by Gasteiger charge is 2.46. The number of hydrogen-bond donors (Lipinski definition) is 0. The highest BCUT2D eigenvalue weighted by atomic mass is 35.5. The third kappa shape index (κ3) is 4.33. The Bertz CT molecular complexity index is 887. The summed E-state index contributed by atoms with van der Waals surface area (Å²) >= 11 is 0. The number of benzene rings is 2. The summed E-state index contributed by atoms with van der Waals surface area (Å²) in [6, 6.07) is 17.5. The van der Waals surface area contributed by atoms with Gasteiger partial charge in [-0.25, -0.2) is 0 Å². The van der Waals surface area contributed by atoms with E-state index in [1.807, 2.05) is 6.07 Å². The van der Waals surface area contributed by atoms with E-state index in [1.54, 1.807) is 7.11 Å². The molecule has 3 aliphatic heterocycles. The van der Waals surface area contributed by atoms with Gasteiger partial charge in [0.15, 0.2) is 0 Å². The van der Waals surface area contributed by atoms with Crippen molar-refractivity contribution in [2.45, 2.75) is 6.04 Å². The number of halogens is 2. The van der Waals surface area contributed by atoms with Crippen LogP contribution in [0.1, 0.15) is 17.2 Å². The first-order chi connectivity index (χ1) is 13.7. The zero-order chi connectivity index (χ0) is 19.1. The van der Waals surface area contributed by atoms with Crippen molar-refractivity contribution in [2.75, 3.05) is 46.9 Å². The van der Waals surface area contributed by atoms with Gasteiger partial charge in [0.25, 0.3) is 0 Å². The van der Waals surface area contributed by atoms with Crippen molar-refractivity contribution >= 4 is 30.9 Å². The van der Waals surface area contributed by atoms with Crippen molar-refractivity contribution in [3.63, 3.8) is 0 Å². The van der Waals surface area contributed by atoms with Crippen LogP contribution in [0.15, 0.2) is 54.1 Å². The summed E-state index contributed by atoms with van der Waals surface area (Å²) in [7, 11) is 4.00. The average Bonchev–Trinajstić information content (AvgIpc) is 3.23. The topological polar surface area (TPSA) is 24.9 Å². The van der Waals surface area contributed by atoms with Gasteiger partial charge in [-0.05, 0) is 54.3 Å². The summed E-state index contributed by atoms with van der Waals surface area (Å²) in [5.41, 5.74) is 4.00. The highest BCUT2D eigenvalue weighted by molar-refractivity contribution is 5.85. The quantitative estimate of drug-likeness (QED) is 0.684. The molecule has 3 atom stereocenters. The van der Waals surface area contributed by atoms with Crippen molar-refractivity contribution in [3.05, 3.63) is 65.2 Å². The molecule has 2 fully saturated rings. The summed E-state index contributed by atoms with van der Waals surface area (Å²) in [5, 5.41) is 0. The van der Waals surface area contributed by atoms with Crippen LogP contribution in [-0.4, -0.2) is 56.7 Å². The van der Waals surface area contributed by atoms with Crippen molar-refractivity contribution in [2.24, 2.45) is 11.8 Å². The van der Waals surface area contributed by atoms with Gasteiger partial charge in [0.2, 0.25) is 0 Å². The second kappa shape index (κ2) is 9.61. The lowest BCUT2D eigenvalue weighted by molar-refractivity contribution is 0.231. The number of hydrogen-bond acceptors (Lipinski definition) is 4. The third-order valence-corrected chi connectivity index (χ3v) is 6.55. The standard InChI is InChI=1S/C24H28N2O2.2ClH/c1-25-13-20-14-26(12-17-11-19-5-3-4-6-23(19)28-16-17)15-22(20)24(25)18-7-9-21(27-2)10-8-18;;/h3-11,20,22,24H,12-16H2,1-2H3;2*1H/t20-,22+,24-;;/m0../s1. The fraction of sp³-hybridized carbons (Fsp3) is 0.417. The molecule has 0 aromatic heterocycles. The maximum atomic E-state index is 5.95. The summed E-state index contributed by atoms with van der Waals surface area (Å²) < 4.78 is 11.3. The Kier molecular flexibility index (Phi) is 7.35. The normalized spacial score (nSPS) is 25.3. The molecular formula is C24H30Cl2N2O2. The summed E-state index contributed by atoms with van der Waals surface area (Å²) in [6.45, 7) is 5.24. The van der Waals surface area contributed by atoms with E-state index in [1.165, 1.54) is 29.8 Å². The van der Waals surface area contributed by atoms with Gasteiger partial charge in [0.05, 0.1) is 7.11 Å². The number of para-hydroxylation sites is 1. The van der Waals surface area contributed by atoms with E-state index in [0.29, 0.717) is 18.6 Å². The van der Waals surface area contributed by atoms with E-state index < -0.39 is 0 Å². The van der Waals surface area contributed by atoms with Gasteiger partial charge in [-0.2, -0.15) is 0 Å². The van der Waals surface area contributed by atoms with Crippen molar-refractivity contribution in [1.29, 1.82) is 0 Å². The van der Waals surface area contributed by atoms with Crippen LogP contribution in [0.3, 0.4) is 0 Å². The SMILES string of the molecule is COc1ccc([C@H]2[C@@H]3CN(CC4=Cc5ccccc5OC4)C[C@@H]3CN2C)cc1.Cl.Cl. The fourth-order valence-electron chi connectivity index (χ4n) is 5.32. The van der Waals surface area contributed by atoms with Crippen LogP contribution in [0.4, 0.5) is 0 Å². The second-order valence-corrected chi connectivity index (χ2v) is 8.40. The van der Waals surface area contributed by atoms with Crippen molar-refractivity contribution in [1.82, 2.24) is 9.80 Å². The summed E-state index contributed by atoms with van der Waals surface area (Å²) in [6.07, 6.45) is 2.32. The molecule has 2 saturated heterocycles. The largest absolute Gasteiger partial charge is 0.497 e. The van der Waals surface area contributed by atoms with Crippen LogP contribution in [0, 0.1) is 11.8 Å². The van der Waals surface area contributed by atoms with E-state index >= 15 is 0 Å². The maximum Gasteiger partial charge on any atom is 0.127 e. The Labute approximate surface area is 191 Å². The van der Waals surface area contributed by atoms with Gasteiger partial charge >= 0.3 is 0 Å². The van der Waals surface area contributed by atoms with Gasteiger partial charge in [-0.15, -0.1) is 24.8 Å². The molecule has 0 radical (unpaired) electrons. The molecule has 3 heterocycles. The molecule has 0 aliphatic carbocycles. The van der Waals surface area contributed by atoms with Crippen LogP contribution in [0.5, 0.6) is 11.5 Å². The monoisotopic (exact) mass is 448 g/mol. The Balaban J connectivity index is 0.00000128. The molecule has 0 saturated carbocycles. The lowest BCUT2D eigenvalue weighted by atomic mass is 9.89. The predicted molar refractivity (Wildman–Crippen MR) is 126 cm³/mol. The first kappa shape index (κ1) is 23.0. The molecule has 4 nitrogen and oxygen atoms in total. The molecule has 0 amide bonds. The van der Waals surface area contributed by atoms with Gasteiger partial charge in [-0.3, -0.25) is 9.80 Å². The number of likely N-dealkylation sites (tertiary alicyclic amines) is 2. The van der Waals surface area contributed by atoms with E-state index in [0.717, 1.165) is 30.5 Å². The van der Waals surface area contributed by atoms with E-state index in [9.17, 15) is 0 Å². The molecular weight excluding hydrogens is 419 g/mol. The van der Waals surface area contributed by atoms with Crippen LogP contribution in [0.2, 0.25) is 0 Å². The highest BCUT2D eigenvalue weighted by Crippen LogP contribution is 2.44. The molecule has 2 aromatic rings. The van der Waals surface area contributed by atoms with E-state index in [-0.39, 0.29) is 24.8 Å². The van der Waals surface area contributed by atoms with Gasteiger partial charge < -0.3 is 9.47 Å². The summed E-state index contributed by atoms with van der Waals surface area (Å²) in [4.78, 5) is 5.16. The zero-order valence-corrected chi connectivity index (χ0v) is 19.1. The molecule has 2 aromatic carbocycles. The van der Waals surface area contributed by atoms with E-state index in [2.05, 4.69) is 65.4 Å². The molecule has 0 spiro atoms. The number of nitrogens with zero attached hydrogens (tertiary/aromatic N) is 2. The minimum absolute atomic E-state index is 0. The molecule has 3 aliphatic rings. The van der Waals surface area contributed by atoms with Gasteiger partial charge in [-0.1, -0.05) is 30.3 Å². The smallest absolute Gasteiger partial charge is 0.127 e. The zero-order valence-electron chi connectivity index (χ0n) is 17.5. The Morgan fingerprint density at radius 1 is 1.00 bits per heavy atom. The Hall–Kier alpha value is -1.72. The van der Waals surface area contributed by atoms with Crippen LogP contribution < -0.4 is 9.47 Å². The molecule has 30 heavy (non-hydrogen) atoms. The number of fused-ring (bicyclic) bond motifs is 2.